The number of imide groups is 1. The smallest absolute Gasteiger partial charge is 0.250 e. The minimum atomic E-state index is -0.820. The number of likely N-dealkylation sites (tertiary alicyclic amines) is 1. The molecule has 4 atom stereocenters. The molecule has 2 aromatic carbocycles. The SMILES string of the molecule is C[C@@H](C(=O)N1c2ccccc2[C@@](C)(c2ccccc2)CC1(C)C)N1C(=O)[C@H]2CCCC[C@H]2C1=O. The van der Waals surface area contributed by atoms with Gasteiger partial charge in [-0.05, 0) is 57.2 Å². The molecule has 5 heteroatoms. The zero-order chi connectivity index (χ0) is 24.3. The Morgan fingerprint density at radius 2 is 1.44 bits per heavy atom. The zero-order valence-electron chi connectivity index (χ0n) is 20.6. The van der Waals surface area contributed by atoms with Crippen LogP contribution in [-0.4, -0.2) is 34.2 Å². The van der Waals surface area contributed by atoms with E-state index in [1.807, 2.05) is 29.2 Å². The highest BCUT2D eigenvalue weighted by Crippen LogP contribution is 2.51. The van der Waals surface area contributed by atoms with Gasteiger partial charge >= 0.3 is 0 Å². The fourth-order valence-corrected chi connectivity index (χ4v) is 6.85. The van der Waals surface area contributed by atoms with Gasteiger partial charge in [-0.2, -0.15) is 0 Å². The predicted molar refractivity (Wildman–Crippen MR) is 132 cm³/mol. The summed E-state index contributed by atoms with van der Waals surface area (Å²) in [6.45, 7) is 8.13. The molecule has 178 valence electrons. The minimum Gasteiger partial charge on any atom is -0.305 e. The first-order valence-electron chi connectivity index (χ1n) is 12.5. The molecule has 0 spiro atoms. The van der Waals surface area contributed by atoms with E-state index >= 15 is 0 Å². The largest absolute Gasteiger partial charge is 0.305 e. The number of carbonyl (C=O) groups is 3. The number of rotatable bonds is 3. The molecule has 2 heterocycles. The van der Waals surface area contributed by atoms with Gasteiger partial charge in [0, 0.05) is 16.6 Å². The van der Waals surface area contributed by atoms with Crippen molar-refractivity contribution in [1.82, 2.24) is 4.90 Å². The maximum Gasteiger partial charge on any atom is 0.250 e. The Hall–Kier alpha value is -2.95. The Labute approximate surface area is 202 Å². The molecule has 2 fully saturated rings. The molecule has 1 aliphatic carbocycles. The molecule has 0 bridgehead atoms. The highest BCUT2D eigenvalue weighted by Gasteiger charge is 2.54. The van der Waals surface area contributed by atoms with Crippen LogP contribution in [0.2, 0.25) is 0 Å². The molecular formula is C29H34N2O3. The number of benzene rings is 2. The summed E-state index contributed by atoms with van der Waals surface area (Å²) in [5.74, 6) is -1.01. The topological polar surface area (TPSA) is 57.7 Å². The van der Waals surface area contributed by atoms with E-state index in [0.717, 1.165) is 43.4 Å². The molecule has 2 aromatic rings. The van der Waals surface area contributed by atoms with Crippen molar-refractivity contribution in [3.8, 4) is 0 Å². The second-order valence-electron chi connectivity index (χ2n) is 11.1. The molecule has 34 heavy (non-hydrogen) atoms. The predicted octanol–water partition coefficient (Wildman–Crippen LogP) is 5.07. The molecule has 3 amide bonds. The minimum absolute atomic E-state index is 0.159. The Morgan fingerprint density at radius 1 is 0.882 bits per heavy atom. The van der Waals surface area contributed by atoms with Gasteiger partial charge in [0.2, 0.25) is 11.8 Å². The van der Waals surface area contributed by atoms with E-state index in [1.54, 1.807) is 6.92 Å². The molecule has 0 unspecified atom stereocenters. The van der Waals surface area contributed by atoms with Crippen molar-refractivity contribution in [2.75, 3.05) is 4.90 Å². The van der Waals surface area contributed by atoms with Crippen molar-refractivity contribution in [3.05, 3.63) is 65.7 Å². The number of para-hydroxylation sites is 1. The van der Waals surface area contributed by atoms with Crippen LogP contribution in [0.5, 0.6) is 0 Å². The molecule has 5 rings (SSSR count). The summed E-state index contributed by atoms with van der Waals surface area (Å²) < 4.78 is 0. The van der Waals surface area contributed by atoms with Gasteiger partial charge in [-0.1, -0.05) is 68.3 Å². The van der Waals surface area contributed by atoms with Crippen molar-refractivity contribution < 1.29 is 14.4 Å². The van der Waals surface area contributed by atoms with Gasteiger partial charge in [0.25, 0.3) is 5.91 Å². The molecule has 2 aliphatic heterocycles. The van der Waals surface area contributed by atoms with Crippen LogP contribution in [0.4, 0.5) is 5.69 Å². The van der Waals surface area contributed by atoms with E-state index < -0.39 is 11.6 Å². The number of hydrogen-bond acceptors (Lipinski definition) is 3. The first-order valence-corrected chi connectivity index (χ1v) is 12.5. The summed E-state index contributed by atoms with van der Waals surface area (Å²) in [6.07, 6.45) is 4.18. The Kier molecular flexibility index (Phi) is 5.42. The van der Waals surface area contributed by atoms with E-state index in [0.29, 0.717) is 0 Å². The second-order valence-corrected chi connectivity index (χ2v) is 11.1. The van der Waals surface area contributed by atoms with Crippen LogP contribution in [0.3, 0.4) is 0 Å². The van der Waals surface area contributed by atoms with Gasteiger partial charge in [0.05, 0.1) is 11.8 Å². The van der Waals surface area contributed by atoms with Gasteiger partial charge in [-0.15, -0.1) is 0 Å². The lowest BCUT2D eigenvalue weighted by Crippen LogP contribution is -2.60. The maximum absolute atomic E-state index is 14.1. The monoisotopic (exact) mass is 458 g/mol. The van der Waals surface area contributed by atoms with Crippen LogP contribution in [0.25, 0.3) is 0 Å². The maximum atomic E-state index is 14.1. The van der Waals surface area contributed by atoms with Crippen LogP contribution in [0, 0.1) is 11.8 Å². The summed E-state index contributed by atoms with van der Waals surface area (Å²) in [7, 11) is 0. The molecule has 5 nitrogen and oxygen atoms in total. The number of carbonyl (C=O) groups excluding carboxylic acids is 3. The summed E-state index contributed by atoms with van der Waals surface area (Å²) in [4.78, 5) is 43.6. The molecule has 0 aromatic heterocycles. The van der Waals surface area contributed by atoms with E-state index in [2.05, 4.69) is 51.1 Å². The standard InChI is InChI=1S/C29H34N2O3/c1-19(30-26(33)21-14-8-9-15-22(21)27(30)34)25(32)31-24-17-11-10-16-23(24)29(4,18-28(31,2)3)20-12-6-5-7-13-20/h5-7,10-13,16-17,19,21-22H,8-9,14-15,18H2,1-4H3/t19-,21-,22+,29+/m0/s1. The van der Waals surface area contributed by atoms with Crippen LogP contribution < -0.4 is 4.90 Å². The van der Waals surface area contributed by atoms with Crippen LogP contribution in [-0.2, 0) is 19.8 Å². The van der Waals surface area contributed by atoms with Gasteiger partial charge in [0.1, 0.15) is 6.04 Å². The quantitative estimate of drug-likeness (QED) is 0.604. The molecule has 3 aliphatic rings. The Morgan fingerprint density at radius 3 is 2.06 bits per heavy atom. The highest BCUT2D eigenvalue weighted by molar-refractivity contribution is 6.11. The fraction of sp³-hybridized carbons (Fsp3) is 0.483. The number of nitrogens with zero attached hydrogens (tertiary/aromatic N) is 2. The van der Waals surface area contributed by atoms with Gasteiger partial charge < -0.3 is 4.90 Å². The Balaban J connectivity index is 1.54. The third kappa shape index (κ3) is 3.31. The van der Waals surface area contributed by atoms with E-state index in [-0.39, 0.29) is 35.0 Å². The van der Waals surface area contributed by atoms with Crippen molar-refractivity contribution >= 4 is 23.4 Å². The third-order valence-electron chi connectivity index (χ3n) is 8.38. The first-order chi connectivity index (χ1) is 16.2. The average molecular weight is 459 g/mol. The van der Waals surface area contributed by atoms with E-state index in [9.17, 15) is 14.4 Å². The third-order valence-corrected chi connectivity index (χ3v) is 8.38. The van der Waals surface area contributed by atoms with Gasteiger partial charge in [0.15, 0.2) is 0 Å². The molecule has 0 radical (unpaired) electrons. The summed E-state index contributed by atoms with van der Waals surface area (Å²) in [5, 5.41) is 0. The van der Waals surface area contributed by atoms with Crippen LogP contribution in [0.1, 0.15) is 70.9 Å². The first kappa shape index (κ1) is 22.8. The normalized spacial score (nSPS) is 28.9. The number of anilines is 1. The van der Waals surface area contributed by atoms with Gasteiger partial charge in [-0.3, -0.25) is 19.3 Å². The number of hydrogen-bond donors (Lipinski definition) is 0. The van der Waals surface area contributed by atoms with Crippen molar-refractivity contribution in [1.29, 1.82) is 0 Å². The Bertz CT molecular complexity index is 1120. The zero-order valence-corrected chi connectivity index (χ0v) is 20.6. The van der Waals surface area contributed by atoms with Crippen LogP contribution >= 0.6 is 0 Å². The molecule has 0 N–H and O–H groups in total. The summed E-state index contributed by atoms with van der Waals surface area (Å²) in [6, 6.07) is 17.7. The summed E-state index contributed by atoms with van der Waals surface area (Å²) in [5.41, 5.74) is 2.38. The molecule has 1 saturated heterocycles. The van der Waals surface area contributed by atoms with Crippen LogP contribution in [0.15, 0.2) is 54.6 Å². The summed E-state index contributed by atoms with van der Waals surface area (Å²) >= 11 is 0. The molecular weight excluding hydrogens is 424 g/mol. The van der Waals surface area contributed by atoms with E-state index in [1.165, 1.54) is 10.5 Å². The van der Waals surface area contributed by atoms with Crippen molar-refractivity contribution in [3.63, 3.8) is 0 Å². The van der Waals surface area contributed by atoms with E-state index in [4.69, 9.17) is 0 Å². The lowest BCUT2D eigenvalue weighted by molar-refractivity contribution is -0.147. The highest BCUT2D eigenvalue weighted by atomic mass is 16.2. The lowest BCUT2D eigenvalue weighted by Gasteiger charge is -2.52. The van der Waals surface area contributed by atoms with Gasteiger partial charge in [-0.25, -0.2) is 0 Å². The van der Waals surface area contributed by atoms with Crippen molar-refractivity contribution in [2.45, 2.75) is 76.8 Å². The lowest BCUT2D eigenvalue weighted by atomic mass is 9.65. The van der Waals surface area contributed by atoms with Crippen molar-refractivity contribution in [2.24, 2.45) is 11.8 Å². The number of fused-ring (bicyclic) bond motifs is 2. The number of amides is 3. The molecule has 1 saturated carbocycles. The fourth-order valence-electron chi connectivity index (χ4n) is 6.85. The average Bonchev–Trinajstić information content (AvgIpc) is 3.08. The second kappa shape index (κ2) is 8.07.